The van der Waals surface area contributed by atoms with Crippen molar-refractivity contribution in [3.63, 3.8) is 0 Å². The fourth-order valence-corrected chi connectivity index (χ4v) is 2.82. The maximum Gasteiger partial charge on any atom is 0.311 e. The van der Waals surface area contributed by atoms with Crippen LogP contribution in [0.5, 0.6) is 0 Å². The van der Waals surface area contributed by atoms with Gasteiger partial charge in [-0.15, -0.1) is 0 Å². The van der Waals surface area contributed by atoms with Gasteiger partial charge in [0.25, 0.3) is 5.91 Å². The van der Waals surface area contributed by atoms with Crippen molar-refractivity contribution in [2.45, 2.75) is 6.42 Å². The summed E-state index contributed by atoms with van der Waals surface area (Å²) in [6, 6.07) is 5.70. The van der Waals surface area contributed by atoms with E-state index in [9.17, 15) is 22.8 Å². The molecule has 1 aliphatic rings. The molecule has 24 heavy (non-hydrogen) atoms. The van der Waals surface area contributed by atoms with Crippen molar-refractivity contribution in [3.8, 4) is 0 Å². The fraction of sp³-hybridized carbons (Fsp3) is 0.357. The van der Waals surface area contributed by atoms with Gasteiger partial charge in [-0.3, -0.25) is 24.5 Å². The zero-order valence-corrected chi connectivity index (χ0v) is 13.9. The highest BCUT2D eigenvalue weighted by Crippen LogP contribution is 2.17. The number of hydrogen-bond donors (Lipinski definition) is 2. The first kappa shape index (κ1) is 17.7. The molecule has 1 heterocycles. The van der Waals surface area contributed by atoms with Crippen LogP contribution in [0.25, 0.3) is 0 Å². The number of nitrogens with zero attached hydrogens (tertiary/aromatic N) is 1. The zero-order chi connectivity index (χ0) is 17.9. The van der Waals surface area contributed by atoms with Gasteiger partial charge in [0.05, 0.1) is 25.8 Å². The Bertz CT molecular complexity index is 759. The van der Waals surface area contributed by atoms with Crippen molar-refractivity contribution in [1.29, 1.82) is 0 Å². The van der Waals surface area contributed by atoms with Crippen LogP contribution in [0.4, 0.5) is 5.69 Å². The van der Waals surface area contributed by atoms with Crippen LogP contribution in [0.2, 0.25) is 0 Å². The van der Waals surface area contributed by atoms with Gasteiger partial charge in [0.2, 0.25) is 15.9 Å². The number of sulfonamides is 1. The Morgan fingerprint density at radius 3 is 2.46 bits per heavy atom. The number of hydrazine groups is 1. The molecular formula is C14H17N3O6S. The van der Waals surface area contributed by atoms with E-state index in [-0.39, 0.29) is 18.5 Å². The van der Waals surface area contributed by atoms with E-state index in [2.05, 4.69) is 14.9 Å². The Kier molecular flexibility index (Phi) is 5.07. The molecule has 130 valence electrons. The summed E-state index contributed by atoms with van der Waals surface area (Å²) in [6.45, 7) is 0.000583. The summed E-state index contributed by atoms with van der Waals surface area (Å²) in [7, 11) is -2.19. The summed E-state index contributed by atoms with van der Waals surface area (Å²) in [5.74, 6) is -2.25. The summed E-state index contributed by atoms with van der Waals surface area (Å²) in [5.41, 5.74) is 2.95. The molecule has 1 aromatic carbocycles. The Labute approximate surface area is 139 Å². The molecule has 1 fully saturated rings. The summed E-state index contributed by atoms with van der Waals surface area (Å²) in [5, 5.41) is 1.05. The largest absolute Gasteiger partial charge is 0.469 e. The number of esters is 1. The van der Waals surface area contributed by atoms with E-state index < -0.39 is 33.7 Å². The SMILES string of the molecule is COC(=O)C1CC(=O)NN(C(=O)c2ccc(NS(C)(=O)=O)cc2)C1. The van der Waals surface area contributed by atoms with Crippen molar-refractivity contribution in [1.82, 2.24) is 10.4 Å². The number of carbonyl (C=O) groups is 3. The summed E-state index contributed by atoms with van der Waals surface area (Å²) >= 11 is 0. The van der Waals surface area contributed by atoms with Gasteiger partial charge in [0.1, 0.15) is 0 Å². The van der Waals surface area contributed by atoms with E-state index >= 15 is 0 Å². The Hall–Kier alpha value is -2.62. The van der Waals surface area contributed by atoms with E-state index in [1.165, 1.54) is 31.4 Å². The Morgan fingerprint density at radius 1 is 1.29 bits per heavy atom. The number of rotatable bonds is 4. The Morgan fingerprint density at radius 2 is 1.92 bits per heavy atom. The third kappa shape index (κ3) is 4.44. The van der Waals surface area contributed by atoms with Crippen LogP contribution < -0.4 is 10.1 Å². The standard InChI is InChI=1S/C14H17N3O6S/c1-23-14(20)10-7-12(18)15-17(8-10)13(19)9-3-5-11(6-4-9)16-24(2,21)22/h3-6,10,16H,7-8H2,1-2H3,(H,15,18). The smallest absolute Gasteiger partial charge is 0.311 e. The van der Waals surface area contributed by atoms with Gasteiger partial charge in [-0.2, -0.15) is 0 Å². The highest BCUT2D eigenvalue weighted by molar-refractivity contribution is 7.92. The third-order valence-electron chi connectivity index (χ3n) is 3.31. The molecule has 2 N–H and O–H groups in total. The maximum atomic E-state index is 12.4. The molecule has 2 rings (SSSR count). The second-order valence-electron chi connectivity index (χ2n) is 5.33. The number of benzene rings is 1. The minimum atomic E-state index is -3.41. The highest BCUT2D eigenvalue weighted by atomic mass is 32.2. The lowest BCUT2D eigenvalue weighted by atomic mass is 10.0. The first-order valence-corrected chi connectivity index (χ1v) is 8.86. The fourth-order valence-electron chi connectivity index (χ4n) is 2.26. The van der Waals surface area contributed by atoms with Gasteiger partial charge in [-0.05, 0) is 24.3 Å². The number of anilines is 1. The molecule has 10 heteroatoms. The van der Waals surface area contributed by atoms with Gasteiger partial charge >= 0.3 is 5.97 Å². The maximum absolute atomic E-state index is 12.4. The van der Waals surface area contributed by atoms with E-state index in [0.29, 0.717) is 5.69 Å². The van der Waals surface area contributed by atoms with Crippen molar-refractivity contribution < 1.29 is 27.5 Å². The molecule has 0 aromatic heterocycles. The van der Waals surface area contributed by atoms with E-state index in [4.69, 9.17) is 0 Å². The number of hydrogen-bond acceptors (Lipinski definition) is 6. The first-order valence-electron chi connectivity index (χ1n) is 6.96. The first-order chi connectivity index (χ1) is 11.2. The molecule has 0 aliphatic carbocycles. The number of nitrogens with one attached hydrogen (secondary N) is 2. The van der Waals surface area contributed by atoms with Crippen LogP contribution in [0, 0.1) is 5.92 Å². The van der Waals surface area contributed by atoms with Gasteiger partial charge in [-0.1, -0.05) is 0 Å². The molecular weight excluding hydrogens is 338 g/mol. The van der Waals surface area contributed by atoms with E-state index in [0.717, 1.165) is 11.3 Å². The molecule has 1 unspecified atom stereocenters. The predicted molar refractivity (Wildman–Crippen MR) is 84.2 cm³/mol. The van der Waals surface area contributed by atoms with E-state index in [1.807, 2.05) is 0 Å². The molecule has 1 atom stereocenters. The lowest BCUT2D eigenvalue weighted by Crippen LogP contribution is -2.54. The second kappa shape index (κ2) is 6.87. The molecule has 0 saturated carbocycles. The van der Waals surface area contributed by atoms with Crippen LogP contribution in [-0.4, -0.2) is 51.1 Å². The monoisotopic (exact) mass is 355 g/mol. The quantitative estimate of drug-likeness (QED) is 0.717. The van der Waals surface area contributed by atoms with Crippen LogP contribution in [0.15, 0.2) is 24.3 Å². The molecule has 1 saturated heterocycles. The van der Waals surface area contributed by atoms with Crippen molar-refractivity contribution >= 4 is 33.5 Å². The van der Waals surface area contributed by atoms with Crippen molar-refractivity contribution in [2.75, 3.05) is 24.6 Å². The van der Waals surface area contributed by atoms with Gasteiger partial charge in [-0.25, -0.2) is 13.4 Å². The van der Waals surface area contributed by atoms with Crippen molar-refractivity contribution in [2.24, 2.45) is 5.92 Å². The average molecular weight is 355 g/mol. The topological polar surface area (TPSA) is 122 Å². The van der Waals surface area contributed by atoms with Gasteiger partial charge in [0.15, 0.2) is 0 Å². The summed E-state index contributed by atoms with van der Waals surface area (Å²) < 4.78 is 29.2. The third-order valence-corrected chi connectivity index (χ3v) is 3.92. The second-order valence-corrected chi connectivity index (χ2v) is 7.07. The molecule has 0 bridgehead atoms. The number of methoxy groups -OCH3 is 1. The molecule has 1 aromatic rings. The van der Waals surface area contributed by atoms with Gasteiger partial charge in [0, 0.05) is 17.7 Å². The molecule has 1 aliphatic heterocycles. The predicted octanol–water partition coefficient (Wildman–Crippen LogP) is -0.276. The van der Waals surface area contributed by atoms with Crippen molar-refractivity contribution in [3.05, 3.63) is 29.8 Å². The highest BCUT2D eigenvalue weighted by Gasteiger charge is 2.33. The number of amides is 2. The van der Waals surface area contributed by atoms with Crippen LogP contribution in [0.3, 0.4) is 0 Å². The molecule has 0 radical (unpaired) electrons. The molecule has 0 spiro atoms. The zero-order valence-electron chi connectivity index (χ0n) is 13.1. The number of ether oxygens (including phenoxy) is 1. The van der Waals surface area contributed by atoms with E-state index in [1.54, 1.807) is 0 Å². The van der Waals surface area contributed by atoms with Crippen LogP contribution >= 0.6 is 0 Å². The average Bonchev–Trinajstić information content (AvgIpc) is 2.52. The molecule has 9 nitrogen and oxygen atoms in total. The Balaban J connectivity index is 2.12. The van der Waals surface area contributed by atoms with Crippen LogP contribution in [0.1, 0.15) is 16.8 Å². The van der Waals surface area contributed by atoms with Gasteiger partial charge < -0.3 is 4.74 Å². The minimum Gasteiger partial charge on any atom is -0.469 e. The lowest BCUT2D eigenvalue weighted by Gasteiger charge is -2.31. The summed E-state index contributed by atoms with van der Waals surface area (Å²) in [4.78, 5) is 35.7. The molecule has 2 amide bonds. The summed E-state index contributed by atoms with van der Waals surface area (Å²) in [6.07, 6.45) is 0.968. The minimum absolute atomic E-state index is 0.000583. The lowest BCUT2D eigenvalue weighted by molar-refractivity contribution is -0.151. The normalized spacial score (nSPS) is 17.8. The number of carbonyl (C=O) groups excluding carboxylic acids is 3. The van der Waals surface area contributed by atoms with Crippen LogP contribution in [-0.2, 0) is 24.3 Å².